The van der Waals surface area contributed by atoms with Gasteiger partial charge in [0.05, 0.1) is 6.54 Å². The molecule has 0 bridgehead atoms. The van der Waals surface area contributed by atoms with E-state index in [1.54, 1.807) is 13.1 Å². The lowest BCUT2D eigenvalue weighted by molar-refractivity contribution is -0.122. The Labute approximate surface area is 125 Å². The summed E-state index contributed by atoms with van der Waals surface area (Å²) in [5.74, 6) is -0.101. The molecular formula is C16H24FN3O. The molecule has 1 aliphatic heterocycles. The molecule has 0 aliphatic carbocycles. The molecule has 0 aromatic heterocycles. The molecule has 1 aromatic rings. The van der Waals surface area contributed by atoms with E-state index in [0.29, 0.717) is 18.2 Å². The van der Waals surface area contributed by atoms with Gasteiger partial charge in [0.25, 0.3) is 0 Å². The average Bonchev–Trinajstić information content (AvgIpc) is 2.49. The topological polar surface area (TPSA) is 44.4 Å². The Kier molecular flexibility index (Phi) is 5.70. The van der Waals surface area contributed by atoms with Crippen LogP contribution in [-0.2, 0) is 4.79 Å². The van der Waals surface area contributed by atoms with Gasteiger partial charge in [-0.15, -0.1) is 0 Å². The highest BCUT2D eigenvalue weighted by molar-refractivity contribution is 5.77. The van der Waals surface area contributed by atoms with Gasteiger partial charge in [0, 0.05) is 37.8 Å². The van der Waals surface area contributed by atoms with Gasteiger partial charge in [-0.1, -0.05) is 18.2 Å². The first kappa shape index (κ1) is 15.9. The third-order valence-electron chi connectivity index (χ3n) is 4.09. The second-order valence-corrected chi connectivity index (χ2v) is 5.63. The van der Waals surface area contributed by atoms with Gasteiger partial charge >= 0.3 is 0 Å². The van der Waals surface area contributed by atoms with Crippen molar-refractivity contribution < 1.29 is 9.18 Å². The number of halogens is 1. The van der Waals surface area contributed by atoms with Gasteiger partial charge in [0.1, 0.15) is 5.82 Å². The van der Waals surface area contributed by atoms with Crippen LogP contribution >= 0.6 is 0 Å². The minimum Gasteiger partial charge on any atom is -0.358 e. The Morgan fingerprint density at radius 3 is 2.67 bits per heavy atom. The van der Waals surface area contributed by atoms with E-state index in [1.807, 2.05) is 19.1 Å². The molecule has 1 aliphatic rings. The molecule has 0 radical (unpaired) electrons. The van der Waals surface area contributed by atoms with Gasteiger partial charge in [-0.25, -0.2) is 4.39 Å². The zero-order valence-electron chi connectivity index (χ0n) is 12.7. The first-order valence-electron chi connectivity index (χ1n) is 7.53. The zero-order valence-corrected chi connectivity index (χ0v) is 12.7. The number of nitrogens with zero attached hydrogens (tertiary/aromatic N) is 1. The van der Waals surface area contributed by atoms with Crippen LogP contribution in [0.1, 0.15) is 31.4 Å². The molecule has 2 N–H and O–H groups in total. The quantitative estimate of drug-likeness (QED) is 0.868. The maximum Gasteiger partial charge on any atom is 0.233 e. The Bertz CT molecular complexity index is 472. The fourth-order valence-corrected chi connectivity index (χ4v) is 2.81. The predicted octanol–water partition coefficient (Wildman–Crippen LogP) is 1.69. The van der Waals surface area contributed by atoms with Gasteiger partial charge in [-0.3, -0.25) is 9.69 Å². The molecule has 116 valence electrons. The summed E-state index contributed by atoms with van der Waals surface area (Å²) in [7, 11) is 1.66. The van der Waals surface area contributed by atoms with Gasteiger partial charge < -0.3 is 10.6 Å². The maximum absolute atomic E-state index is 13.7. The fourth-order valence-electron chi connectivity index (χ4n) is 2.81. The summed E-state index contributed by atoms with van der Waals surface area (Å²) < 4.78 is 13.7. The molecule has 1 amide bonds. The Hall–Kier alpha value is -1.46. The van der Waals surface area contributed by atoms with Crippen LogP contribution in [0.4, 0.5) is 4.39 Å². The van der Waals surface area contributed by atoms with E-state index in [2.05, 4.69) is 15.5 Å². The van der Waals surface area contributed by atoms with Gasteiger partial charge in [0.15, 0.2) is 0 Å². The summed E-state index contributed by atoms with van der Waals surface area (Å²) in [6, 6.07) is 7.28. The Morgan fingerprint density at radius 1 is 1.38 bits per heavy atom. The van der Waals surface area contributed by atoms with Crippen LogP contribution < -0.4 is 10.6 Å². The summed E-state index contributed by atoms with van der Waals surface area (Å²) in [4.78, 5) is 13.5. The van der Waals surface area contributed by atoms with Crippen molar-refractivity contribution in [3.8, 4) is 0 Å². The lowest BCUT2D eigenvalue weighted by Crippen LogP contribution is -2.46. The predicted molar refractivity (Wildman–Crippen MR) is 81.5 cm³/mol. The minimum absolute atomic E-state index is 0.00157. The lowest BCUT2D eigenvalue weighted by Gasteiger charge is -2.33. The SMILES string of the molecule is CNC(=O)CN1CCC(NC(C)c2ccccc2F)CC1. The molecule has 21 heavy (non-hydrogen) atoms. The summed E-state index contributed by atoms with van der Waals surface area (Å²) in [6.07, 6.45) is 1.96. The van der Waals surface area contributed by atoms with Crippen molar-refractivity contribution in [1.82, 2.24) is 15.5 Å². The van der Waals surface area contributed by atoms with E-state index in [4.69, 9.17) is 0 Å². The highest BCUT2D eigenvalue weighted by Crippen LogP contribution is 2.19. The largest absolute Gasteiger partial charge is 0.358 e. The number of likely N-dealkylation sites (N-methyl/N-ethyl adjacent to an activating group) is 1. The van der Waals surface area contributed by atoms with E-state index in [-0.39, 0.29) is 17.8 Å². The smallest absolute Gasteiger partial charge is 0.233 e. The van der Waals surface area contributed by atoms with Gasteiger partial charge in [0.2, 0.25) is 5.91 Å². The first-order chi connectivity index (χ1) is 10.1. The van der Waals surface area contributed by atoms with Crippen LogP contribution in [0, 0.1) is 5.82 Å². The van der Waals surface area contributed by atoms with Crippen molar-refractivity contribution in [2.45, 2.75) is 31.8 Å². The number of carbonyl (C=O) groups excluding carboxylic acids is 1. The molecule has 4 nitrogen and oxygen atoms in total. The number of benzene rings is 1. The maximum atomic E-state index is 13.7. The van der Waals surface area contributed by atoms with E-state index < -0.39 is 0 Å². The number of likely N-dealkylation sites (tertiary alicyclic amines) is 1. The number of amides is 1. The Balaban J connectivity index is 1.81. The third-order valence-corrected chi connectivity index (χ3v) is 4.09. The normalized spacial score (nSPS) is 18.4. The zero-order chi connectivity index (χ0) is 15.2. The summed E-state index contributed by atoms with van der Waals surface area (Å²) in [5, 5.41) is 6.14. The number of rotatable bonds is 5. The monoisotopic (exact) mass is 293 g/mol. The van der Waals surface area contributed by atoms with Crippen LogP contribution in [0.3, 0.4) is 0 Å². The summed E-state index contributed by atoms with van der Waals surface area (Å²) in [6.45, 7) is 4.26. The molecule has 5 heteroatoms. The molecule has 2 rings (SSSR count). The summed E-state index contributed by atoms with van der Waals surface area (Å²) in [5.41, 5.74) is 0.713. The molecular weight excluding hydrogens is 269 g/mol. The van der Waals surface area contributed by atoms with Crippen molar-refractivity contribution in [3.05, 3.63) is 35.6 Å². The fraction of sp³-hybridized carbons (Fsp3) is 0.562. The minimum atomic E-state index is -0.158. The number of hydrogen-bond donors (Lipinski definition) is 2. The van der Waals surface area contributed by atoms with Crippen molar-refractivity contribution in [2.75, 3.05) is 26.7 Å². The molecule has 1 unspecified atom stereocenters. The van der Waals surface area contributed by atoms with Crippen molar-refractivity contribution in [1.29, 1.82) is 0 Å². The second-order valence-electron chi connectivity index (χ2n) is 5.63. The van der Waals surface area contributed by atoms with Crippen molar-refractivity contribution in [2.24, 2.45) is 0 Å². The van der Waals surface area contributed by atoms with E-state index in [1.165, 1.54) is 6.07 Å². The number of carbonyl (C=O) groups is 1. The van der Waals surface area contributed by atoms with E-state index in [0.717, 1.165) is 25.9 Å². The number of piperidine rings is 1. The Morgan fingerprint density at radius 2 is 2.05 bits per heavy atom. The molecule has 1 saturated heterocycles. The van der Waals surface area contributed by atoms with Gasteiger partial charge in [-0.2, -0.15) is 0 Å². The number of hydrogen-bond acceptors (Lipinski definition) is 3. The molecule has 1 atom stereocenters. The first-order valence-corrected chi connectivity index (χ1v) is 7.53. The van der Waals surface area contributed by atoms with Crippen molar-refractivity contribution in [3.63, 3.8) is 0 Å². The highest BCUT2D eigenvalue weighted by atomic mass is 19.1. The molecule has 0 saturated carbocycles. The van der Waals surface area contributed by atoms with Crippen LogP contribution in [0.25, 0.3) is 0 Å². The lowest BCUT2D eigenvalue weighted by atomic mass is 10.0. The van der Waals surface area contributed by atoms with Gasteiger partial charge in [-0.05, 0) is 25.8 Å². The third kappa shape index (κ3) is 4.51. The second kappa shape index (κ2) is 7.52. The molecule has 0 spiro atoms. The van der Waals surface area contributed by atoms with E-state index >= 15 is 0 Å². The number of nitrogens with one attached hydrogen (secondary N) is 2. The van der Waals surface area contributed by atoms with Crippen molar-refractivity contribution >= 4 is 5.91 Å². The standard InChI is InChI=1S/C16H24FN3O/c1-12(14-5-3-4-6-15(14)17)19-13-7-9-20(10-8-13)11-16(21)18-2/h3-6,12-13,19H,7-11H2,1-2H3,(H,18,21). The van der Waals surface area contributed by atoms with Crippen LogP contribution in [0.15, 0.2) is 24.3 Å². The summed E-state index contributed by atoms with van der Waals surface area (Å²) >= 11 is 0. The van der Waals surface area contributed by atoms with E-state index in [9.17, 15) is 9.18 Å². The molecule has 1 fully saturated rings. The van der Waals surface area contributed by atoms with Crippen LogP contribution in [0.5, 0.6) is 0 Å². The van der Waals surface area contributed by atoms with Crippen LogP contribution in [-0.4, -0.2) is 43.5 Å². The molecule has 1 heterocycles. The highest BCUT2D eigenvalue weighted by Gasteiger charge is 2.22. The molecule has 1 aromatic carbocycles. The van der Waals surface area contributed by atoms with Crippen LogP contribution in [0.2, 0.25) is 0 Å². The average molecular weight is 293 g/mol.